The Morgan fingerprint density at radius 2 is 2.00 bits per heavy atom. The van der Waals surface area contributed by atoms with Crippen molar-refractivity contribution in [2.24, 2.45) is 0 Å². The largest absolute Gasteiger partial charge is 0.492 e. The molecule has 0 saturated carbocycles. The highest BCUT2D eigenvalue weighted by Gasteiger charge is 2.32. The maximum Gasteiger partial charge on any atom is 0.237 e. The van der Waals surface area contributed by atoms with Gasteiger partial charge in [-0.25, -0.2) is 4.98 Å². The summed E-state index contributed by atoms with van der Waals surface area (Å²) >= 11 is 0. The summed E-state index contributed by atoms with van der Waals surface area (Å²) < 4.78 is 11.0. The highest BCUT2D eigenvalue weighted by molar-refractivity contribution is 5.98. The van der Waals surface area contributed by atoms with E-state index in [4.69, 9.17) is 9.47 Å². The monoisotopic (exact) mass is 339 g/mol. The molecular formula is C19H21N3O3. The van der Waals surface area contributed by atoms with Crippen molar-refractivity contribution < 1.29 is 14.3 Å². The van der Waals surface area contributed by atoms with Crippen molar-refractivity contribution in [3.05, 3.63) is 48.2 Å². The molecule has 1 saturated heterocycles. The Labute approximate surface area is 147 Å². The maximum atomic E-state index is 12.9. The van der Waals surface area contributed by atoms with Crippen LogP contribution in [0.3, 0.4) is 0 Å². The van der Waals surface area contributed by atoms with Gasteiger partial charge in [0.05, 0.1) is 25.1 Å². The van der Waals surface area contributed by atoms with E-state index < -0.39 is 0 Å². The fourth-order valence-electron chi connectivity index (χ4n) is 3.28. The third-order valence-electron chi connectivity index (χ3n) is 4.78. The molecule has 6 nitrogen and oxygen atoms in total. The molecule has 1 amide bonds. The normalized spacial score (nSPS) is 19.2. The smallest absolute Gasteiger partial charge is 0.237 e. The summed E-state index contributed by atoms with van der Waals surface area (Å²) in [4.78, 5) is 21.3. The van der Waals surface area contributed by atoms with Crippen LogP contribution >= 0.6 is 0 Å². The van der Waals surface area contributed by atoms with Crippen molar-refractivity contribution in [1.29, 1.82) is 0 Å². The first kappa shape index (κ1) is 15.9. The summed E-state index contributed by atoms with van der Waals surface area (Å²) in [6.45, 7) is 3.53. The lowest BCUT2D eigenvalue weighted by Gasteiger charge is -2.28. The number of nitrogens with zero attached hydrogens (tertiary/aromatic N) is 3. The zero-order chi connectivity index (χ0) is 17.2. The number of likely N-dealkylation sites (N-methyl/N-ethyl adjacent to an activating group) is 1. The van der Waals surface area contributed by atoms with Gasteiger partial charge in [0.15, 0.2) is 0 Å². The van der Waals surface area contributed by atoms with Crippen LogP contribution < -0.4 is 14.5 Å². The van der Waals surface area contributed by atoms with Crippen molar-refractivity contribution in [2.75, 3.05) is 49.8 Å². The van der Waals surface area contributed by atoms with Crippen LogP contribution in [0.2, 0.25) is 0 Å². The lowest BCUT2D eigenvalue weighted by atomic mass is 10.00. The predicted octanol–water partition coefficient (Wildman–Crippen LogP) is 2.06. The fraction of sp³-hybridized carbons (Fsp3) is 0.368. The van der Waals surface area contributed by atoms with Gasteiger partial charge in [-0.05, 0) is 18.2 Å². The summed E-state index contributed by atoms with van der Waals surface area (Å²) in [6.07, 6.45) is 1.75. The topological polar surface area (TPSA) is 54.9 Å². The molecule has 130 valence electrons. The number of hydrogen-bond acceptors (Lipinski definition) is 5. The average Bonchev–Trinajstić information content (AvgIpc) is 3.12. The molecule has 0 radical (unpaired) electrons. The van der Waals surface area contributed by atoms with Crippen LogP contribution in [0.25, 0.3) is 0 Å². The summed E-state index contributed by atoms with van der Waals surface area (Å²) in [6, 6.07) is 11.6. The number of carbonyl (C=O) groups is 1. The summed E-state index contributed by atoms with van der Waals surface area (Å²) in [5, 5.41) is 0. The third-order valence-corrected chi connectivity index (χ3v) is 4.78. The number of pyridine rings is 1. The molecule has 25 heavy (non-hydrogen) atoms. The average molecular weight is 339 g/mol. The van der Waals surface area contributed by atoms with E-state index in [1.54, 1.807) is 18.1 Å². The van der Waals surface area contributed by atoms with E-state index in [0.29, 0.717) is 6.61 Å². The Kier molecular flexibility index (Phi) is 4.28. The molecule has 3 heterocycles. The molecule has 0 bridgehead atoms. The molecule has 2 aliphatic rings. The van der Waals surface area contributed by atoms with E-state index in [-0.39, 0.29) is 11.8 Å². The number of morpholine rings is 1. The zero-order valence-electron chi connectivity index (χ0n) is 14.2. The van der Waals surface area contributed by atoms with E-state index in [9.17, 15) is 4.79 Å². The summed E-state index contributed by atoms with van der Waals surface area (Å²) in [5.74, 6) is 1.48. The first-order chi connectivity index (χ1) is 12.2. The van der Waals surface area contributed by atoms with E-state index in [0.717, 1.165) is 49.1 Å². The van der Waals surface area contributed by atoms with Crippen LogP contribution in [0.15, 0.2) is 42.6 Å². The predicted molar refractivity (Wildman–Crippen MR) is 95.4 cm³/mol. The van der Waals surface area contributed by atoms with Crippen LogP contribution in [-0.4, -0.2) is 50.8 Å². The summed E-state index contributed by atoms with van der Waals surface area (Å²) in [5.41, 5.74) is 1.74. The van der Waals surface area contributed by atoms with E-state index >= 15 is 0 Å². The minimum absolute atomic E-state index is 0.0193. The second-order valence-corrected chi connectivity index (χ2v) is 6.27. The van der Waals surface area contributed by atoms with Crippen LogP contribution in [-0.2, 0) is 9.53 Å². The van der Waals surface area contributed by atoms with Gasteiger partial charge in [0.25, 0.3) is 0 Å². The van der Waals surface area contributed by atoms with Crippen molar-refractivity contribution >= 4 is 17.4 Å². The number of amides is 1. The standard InChI is InChI=1S/C19H21N3O3/c1-21(19(23)16-13-25-17-5-3-2-4-15(16)17)14-6-7-18(20-12-14)22-8-10-24-11-9-22/h2-7,12,16H,8-11,13H2,1H3. The molecule has 1 unspecified atom stereocenters. The first-order valence-electron chi connectivity index (χ1n) is 8.52. The SMILES string of the molecule is CN(C(=O)C1COc2ccccc21)c1ccc(N2CCOCC2)nc1. The molecule has 2 aromatic rings. The number of carbonyl (C=O) groups excluding carboxylic acids is 1. The fourth-order valence-corrected chi connectivity index (χ4v) is 3.28. The Bertz CT molecular complexity index is 757. The molecule has 4 rings (SSSR count). The van der Waals surface area contributed by atoms with Gasteiger partial charge in [-0.3, -0.25) is 4.79 Å². The molecule has 0 spiro atoms. The van der Waals surface area contributed by atoms with Gasteiger partial charge in [0.1, 0.15) is 24.1 Å². The van der Waals surface area contributed by atoms with Crippen LogP contribution in [0, 0.1) is 0 Å². The van der Waals surface area contributed by atoms with Gasteiger partial charge in [-0.2, -0.15) is 0 Å². The number of para-hydroxylation sites is 1. The van der Waals surface area contributed by atoms with Gasteiger partial charge >= 0.3 is 0 Å². The molecule has 2 aliphatic heterocycles. The molecule has 6 heteroatoms. The number of hydrogen-bond donors (Lipinski definition) is 0. The molecule has 1 aromatic carbocycles. The minimum atomic E-state index is -0.264. The number of anilines is 2. The lowest BCUT2D eigenvalue weighted by Crippen LogP contribution is -2.37. The molecule has 1 aromatic heterocycles. The van der Waals surface area contributed by atoms with Gasteiger partial charge in [0, 0.05) is 25.7 Å². The molecule has 0 aliphatic carbocycles. The van der Waals surface area contributed by atoms with Crippen LogP contribution in [0.4, 0.5) is 11.5 Å². The Morgan fingerprint density at radius 3 is 2.76 bits per heavy atom. The van der Waals surface area contributed by atoms with E-state index in [1.165, 1.54) is 0 Å². The molecule has 1 fully saturated rings. The van der Waals surface area contributed by atoms with E-state index in [1.807, 2.05) is 36.4 Å². The second kappa shape index (κ2) is 6.72. The van der Waals surface area contributed by atoms with E-state index in [2.05, 4.69) is 9.88 Å². The molecular weight excluding hydrogens is 318 g/mol. The van der Waals surface area contributed by atoms with Crippen molar-refractivity contribution in [1.82, 2.24) is 4.98 Å². The van der Waals surface area contributed by atoms with Gasteiger partial charge in [-0.1, -0.05) is 18.2 Å². The van der Waals surface area contributed by atoms with Crippen LogP contribution in [0.5, 0.6) is 5.75 Å². The van der Waals surface area contributed by atoms with Crippen molar-refractivity contribution in [3.63, 3.8) is 0 Å². The zero-order valence-corrected chi connectivity index (χ0v) is 14.2. The minimum Gasteiger partial charge on any atom is -0.492 e. The Balaban J connectivity index is 1.49. The number of rotatable bonds is 3. The van der Waals surface area contributed by atoms with Crippen molar-refractivity contribution in [3.8, 4) is 5.75 Å². The number of benzene rings is 1. The third kappa shape index (κ3) is 3.05. The molecule has 1 atom stereocenters. The molecule has 0 N–H and O–H groups in total. The van der Waals surface area contributed by atoms with Gasteiger partial charge < -0.3 is 19.3 Å². The quantitative estimate of drug-likeness (QED) is 0.857. The highest BCUT2D eigenvalue weighted by atomic mass is 16.5. The maximum absolute atomic E-state index is 12.9. The Hall–Kier alpha value is -2.60. The number of aromatic nitrogens is 1. The summed E-state index contributed by atoms with van der Waals surface area (Å²) in [7, 11) is 1.79. The first-order valence-corrected chi connectivity index (χ1v) is 8.52. The number of ether oxygens (including phenoxy) is 2. The highest BCUT2D eigenvalue weighted by Crippen LogP contribution is 2.35. The van der Waals surface area contributed by atoms with Crippen LogP contribution in [0.1, 0.15) is 11.5 Å². The lowest BCUT2D eigenvalue weighted by molar-refractivity contribution is -0.119. The van der Waals surface area contributed by atoms with Gasteiger partial charge in [-0.15, -0.1) is 0 Å². The second-order valence-electron chi connectivity index (χ2n) is 6.27. The number of fused-ring (bicyclic) bond motifs is 1. The van der Waals surface area contributed by atoms with Gasteiger partial charge in [0.2, 0.25) is 5.91 Å². The Morgan fingerprint density at radius 1 is 1.20 bits per heavy atom. The van der Waals surface area contributed by atoms with Crippen molar-refractivity contribution in [2.45, 2.75) is 5.92 Å².